The molecule has 1 aromatic carbocycles. The molecule has 2 unspecified atom stereocenters. The number of hydrogen-bond donors (Lipinski definition) is 1. The van der Waals surface area contributed by atoms with Crippen molar-refractivity contribution in [2.24, 2.45) is 11.8 Å². The first-order valence-corrected chi connectivity index (χ1v) is 8.08. The summed E-state index contributed by atoms with van der Waals surface area (Å²) in [5.41, 5.74) is 3.12. The Morgan fingerprint density at radius 2 is 1.55 bits per heavy atom. The molecular formula is C19H33N. The van der Waals surface area contributed by atoms with E-state index in [1.165, 1.54) is 11.1 Å². The van der Waals surface area contributed by atoms with Gasteiger partial charge in [-0.15, -0.1) is 0 Å². The molecule has 0 aliphatic heterocycles. The van der Waals surface area contributed by atoms with Crippen LogP contribution in [0.15, 0.2) is 24.3 Å². The number of benzene rings is 1. The molecule has 2 atom stereocenters. The molecule has 1 rings (SSSR count). The van der Waals surface area contributed by atoms with Crippen LogP contribution in [0.1, 0.15) is 59.6 Å². The van der Waals surface area contributed by atoms with Crippen LogP contribution in [-0.2, 0) is 11.8 Å². The van der Waals surface area contributed by atoms with Gasteiger partial charge in [0.25, 0.3) is 0 Å². The predicted molar refractivity (Wildman–Crippen MR) is 90.3 cm³/mol. The lowest BCUT2D eigenvalue weighted by Gasteiger charge is -2.28. The molecule has 1 N–H and O–H groups in total. The first-order chi connectivity index (χ1) is 9.25. The monoisotopic (exact) mass is 275 g/mol. The summed E-state index contributed by atoms with van der Waals surface area (Å²) in [7, 11) is 0. The molecule has 1 aromatic rings. The van der Waals surface area contributed by atoms with E-state index in [0.717, 1.165) is 13.0 Å². The number of nitrogens with one attached hydrogen (secondary N) is 1. The first-order valence-electron chi connectivity index (χ1n) is 8.08. The quantitative estimate of drug-likeness (QED) is 0.786. The van der Waals surface area contributed by atoms with Crippen molar-refractivity contribution in [2.75, 3.05) is 6.54 Å². The van der Waals surface area contributed by atoms with Crippen LogP contribution >= 0.6 is 0 Å². The standard InChI is InChI=1S/C19H33N/c1-8-20-15(4)18(14(2)3)13-16-9-11-17(12-10-16)19(5,6)7/h9-12,14-15,18,20H,8,13H2,1-7H3. The molecule has 0 aliphatic carbocycles. The molecule has 0 saturated heterocycles. The lowest BCUT2D eigenvalue weighted by molar-refractivity contribution is 0.292. The van der Waals surface area contributed by atoms with E-state index in [2.05, 4.69) is 78.0 Å². The van der Waals surface area contributed by atoms with E-state index in [4.69, 9.17) is 0 Å². The summed E-state index contributed by atoms with van der Waals surface area (Å²) < 4.78 is 0. The number of rotatable bonds is 6. The molecule has 0 amide bonds. The molecule has 20 heavy (non-hydrogen) atoms. The van der Waals surface area contributed by atoms with Crippen molar-refractivity contribution in [3.05, 3.63) is 35.4 Å². The molecule has 1 heteroatoms. The van der Waals surface area contributed by atoms with Gasteiger partial charge in [0.05, 0.1) is 0 Å². The van der Waals surface area contributed by atoms with E-state index in [1.54, 1.807) is 0 Å². The molecule has 0 heterocycles. The maximum atomic E-state index is 3.58. The van der Waals surface area contributed by atoms with Crippen LogP contribution in [0, 0.1) is 11.8 Å². The van der Waals surface area contributed by atoms with Gasteiger partial charge in [0.15, 0.2) is 0 Å². The Morgan fingerprint density at radius 3 is 1.95 bits per heavy atom. The molecular weight excluding hydrogens is 242 g/mol. The third-order valence-electron chi connectivity index (χ3n) is 4.32. The van der Waals surface area contributed by atoms with E-state index in [1.807, 2.05) is 0 Å². The highest BCUT2D eigenvalue weighted by molar-refractivity contribution is 5.27. The van der Waals surface area contributed by atoms with E-state index in [-0.39, 0.29) is 5.41 Å². The van der Waals surface area contributed by atoms with Gasteiger partial charge in [-0.3, -0.25) is 0 Å². The zero-order valence-electron chi connectivity index (χ0n) is 14.5. The minimum Gasteiger partial charge on any atom is -0.314 e. The predicted octanol–water partition coefficient (Wildman–Crippen LogP) is 4.80. The largest absolute Gasteiger partial charge is 0.314 e. The van der Waals surface area contributed by atoms with Crippen LogP contribution in [0.3, 0.4) is 0 Å². The summed E-state index contributed by atoms with van der Waals surface area (Å²) >= 11 is 0. The summed E-state index contributed by atoms with van der Waals surface area (Å²) in [5, 5.41) is 3.58. The van der Waals surface area contributed by atoms with Crippen molar-refractivity contribution in [1.29, 1.82) is 0 Å². The van der Waals surface area contributed by atoms with Crippen molar-refractivity contribution in [2.45, 2.75) is 66.3 Å². The fourth-order valence-corrected chi connectivity index (χ4v) is 2.88. The summed E-state index contributed by atoms with van der Waals surface area (Å²) in [5.74, 6) is 1.39. The Hall–Kier alpha value is -0.820. The van der Waals surface area contributed by atoms with Gasteiger partial charge >= 0.3 is 0 Å². The van der Waals surface area contributed by atoms with E-state index in [0.29, 0.717) is 17.9 Å². The fourth-order valence-electron chi connectivity index (χ4n) is 2.88. The van der Waals surface area contributed by atoms with Crippen LogP contribution in [0.25, 0.3) is 0 Å². The first kappa shape index (κ1) is 17.2. The third-order valence-corrected chi connectivity index (χ3v) is 4.32. The fraction of sp³-hybridized carbons (Fsp3) is 0.684. The molecule has 0 bridgehead atoms. The summed E-state index contributed by atoms with van der Waals surface area (Å²) in [6.07, 6.45) is 1.16. The SMILES string of the molecule is CCNC(C)C(Cc1ccc(C(C)(C)C)cc1)C(C)C. The third kappa shape index (κ3) is 4.94. The van der Waals surface area contributed by atoms with Crippen molar-refractivity contribution in [1.82, 2.24) is 5.32 Å². The van der Waals surface area contributed by atoms with E-state index < -0.39 is 0 Å². The molecule has 0 aromatic heterocycles. The maximum Gasteiger partial charge on any atom is 0.00725 e. The molecule has 1 nitrogen and oxygen atoms in total. The van der Waals surface area contributed by atoms with E-state index >= 15 is 0 Å². The second-order valence-electron chi connectivity index (χ2n) is 7.41. The zero-order chi connectivity index (χ0) is 15.3. The molecule has 0 aliphatic rings. The lowest BCUT2D eigenvalue weighted by Crippen LogP contribution is -2.37. The van der Waals surface area contributed by atoms with Crippen LogP contribution in [0.4, 0.5) is 0 Å². The lowest BCUT2D eigenvalue weighted by atomic mass is 9.82. The summed E-state index contributed by atoms with van der Waals surface area (Å²) in [4.78, 5) is 0. The zero-order valence-corrected chi connectivity index (χ0v) is 14.5. The van der Waals surface area contributed by atoms with Gasteiger partial charge < -0.3 is 5.32 Å². The highest BCUT2D eigenvalue weighted by Crippen LogP contribution is 2.25. The Labute approximate surface area is 126 Å². The minimum absolute atomic E-state index is 0.243. The van der Waals surface area contributed by atoms with Gasteiger partial charge in [-0.2, -0.15) is 0 Å². The molecule has 0 saturated carbocycles. The second-order valence-corrected chi connectivity index (χ2v) is 7.41. The second kappa shape index (κ2) is 7.26. The Balaban J connectivity index is 2.79. The Bertz CT molecular complexity index is 383. The summed E-state index contributed by atoms with van der Waals surface area (Å²) in [6.45, 7) is 17.0. The van der Waals surface area contributed by atoms with Crippen LogP contribution in [0.5, 0.6) is 0 Å². The molecule has 114 valence electrons. The van der Waals surface area contributed by atoms with Crippen molar-refractivity contribution < 1.29 is 0 Å². The minimum atomic E-state index is 0.243. The Kier molecular flexibility index (Phi) is 6.26. The van der Waals surface area contributed by atoms with Gasteiger partial charge in [0, 0.05) is 6.04 Å². The average Bonchev–Trinajstić information content (AvgIpc) is 2.35. The van der Waals surface area contributed by atoms with Crippen LogP contribution in [-0.4, -0.2) is 12.6 Å². The molecule has 0 radical (unpaired) electrons. The maximum absolute atomic E-state index is 3.58. The van der Waals surface area contributed by atoms with Crippen molar-refractivity contribution in [3.8, 4) is 0 Å². The normalized spacial score (nSPS) is 15.4. The summed E-state index contributed by atoms with van der Waals surface area (Å²) in [6, 6.07) is 9.79. The van der Waals surface area contributed by atoms with Crippen molar-refractivity contribution >= 4 is 0 Å². The van der Waals surface area contributed by atoms with Crippen molar-refractivity contribution in [3.63, 3.8) is 0 Å². The Morgan fingerprint density at radius 1 is 1.00 bits per heavy atom. The molecule has 0 fully saturated rings. The highest BCUT2D eigenvalue weighted by Gasteiger charge is 2.21. The smallest absolute Gasteiger partial charge is 0.00725 e. The topological polar surface area (TPSA) is 12.0 Å². The van der Waals surface area contributed by atoms with Gasteiger partial charge in [0.2, 0.25) is 0 Å². The van der Waals surface area contributed by atoms with E-state index in [9.17, 15) is 0 Å². The van der Waals surface area contributed by atoms with Gasteiger partial charge in [0.1, 0.15) is 0 Å². The molecule has 0 spiro atoms. The van der Waals surface area contributed by atoms with Gasteiger partial charge in [-0.05, 0) is 48.3 Å². The van der Waals surface area contributed by atoms with Gasteiger partial charge in [-0.25, -0.2) is 0 Å². The average molecular weight is 275 g/mol. The van der Waals surface area contributed by atoms with Crippen LogP contribution < -0.4 is 5.32 Å². The van der Waals surface area contributed by atoms with Gasteiger partial charge in [-0.1, -0.05) is 65.8 Å². The van der Waals surface area contributed by atoms with Crippen LogP contribution in [0.2, 0.25) is 0 Å². The highest BCUT2D eigenvalue weighted by atomic mass is 14.9. The number of hydrogen-bond acceptors (Lipinski definition) is 1.